The second-order valence-electron chi connectivity index (χ2n) is 6.45. The van der Waals surface area contributed by atoms with Crippen molar-refractivity contribution in [2.24, 2.45) is 10.9 Å². The molecular formula is C17H23F6IN4O. The van der Waals surface area contributed by atoms with Gasteiger partial charge in [-0.25, -0.2) is 4.98 Å². The molecule has 2 rings (SSSR count). The molecule has 166 valence electrons. The van der Waals surface area contributed by atoms with E-state index < -0.39 is 29.7 Å². The van der Waals surface area contributed by atoms with Crippen molar-refractivity contribution in [1.82, 2.24) is 15.6 Å². The molecule has 1 fully saturated rings. The highest BCUT2D eigenvalue weighted by Gasteiger charge is 2.42. The van der Waals surface area contributed by atoms with E-state index in [-0.39, 0.29) is 62.0 Å². The second-order valence-corrected chi connectivity index (χ2v) is 6.45. The van der Waals surface area contributed by atoms with Gasteiger partial charge in [-0.05, 0) is 31.4 Å². The van der Waals surface area contributed by atoms with Crippen LogP contribution in [0.25, 0.3) is 0 Å². The van der Waals surface area contributed by atoms with Gasteiger partial charge in [-0.3, -0.25) is 4.99 Å². The predicted octanol–water partition coefficient (Wildman–Crippen LogP) is 4.38. The van der Waals surface area contributed by atoms with Crippen molar-refractivity contribution in [2.45, 2.75) is 44.1 Å². The molecule has 1 aromatic heterocycles. The van der Waals surface area contributed by atoms with Crippen molar-refractivity contribution in [2.75, 3.05) is 20.2 Å². The van der Waals surface area contributed by atoms with Gasteiger partial charge in [0.1, 0.15) is 12.2 Å². The highest BCUT2D eigenvalue weighted by molar-refractivity contribution is 14.0. The monoisotopic (exact) mass is 540 g/mol. The Morgan fingerprint density at radius 1 is 1.24 bits per heavy atom. The number of alkyl halides is 6. The van der Waals surface area contributed by atoms with E-state index in [1.807, 2.05) is 0 Å². The van der Waals surface area contributed by atoms with Crippen LogP contribution in [0.2, 0.25) is 0 Å². The van der Waals surface area contributed by atoms with Gasteiger partial charge in [0.05, 0.1) is 12.5 Å². The molecule has 0 spiro atoms. The van der Waals surface area contributed by atoms with Crippen LogP contribution in [0.3, 0.4) is 0 Å². The molecule has 0 aliphatic heterocycles. The summed E-state index contributed by atoms with van der Waals surface area (Å²) in [5, 5.41) is 5.75. The first-order valence-electron chi connectivity index (χ1n) is 8.80. The number of aliphatic imine (C=N–C) groups is 1. The average molecular weight is 540 g/mol. The maximum absolute atomic E-state index is 12.9. The van der Waals surface area contributed by atoms with Crippen molar-refractivity contribution in [3.63, 3.8) is 0 Å². The fraction of sp³-hybridized carbons (Fsp3) is 0.647. The van der Waals surface area contributed by atoms with Crippen LogP contribution in [0, 0.1) is 5.92 Å². The zero-order valence-corrected chi connectivity index (χ0v) is 17.9. The number of halogens is 7. The lowest BCUT2D eigenvalue weighted by molar-refractivity contribution is -0.183. The number of rotatable bonds is 5. The van der Waals surface area contributed by atoms with Crippen LogP contribution in [0.5, 0.6) is 5.88 Å². The third-order valence-electron chi connectivity index (χ3n) is 4.41. The molecule has 1 aliphatic rings. The van der Waals surface area contributed by atoms with Gasteiger partial charge in [-0.1, -0.05) is 6.42 Å². The van der Waals surface area contributed by atoms with Crippen molar-refractivity contribution < 1.29 is 31.1 Å². The molecule has 1 heterocycles. The number of ether oxygens (including phenoxy) is 1. The molecule has 0 bridgehead atoms. The average Bonchev–Trinajstić information content (AvgIpc) is 2.63. The van der Waals surface area contributed by atoms with Gasteiger partial charge >= 0.3 is 12.4 Å². The van der Waals surface area contributed by atoms with E-state index in [0.29, 0.717) is 12.8 Å². The predicted molar refractivity (Wildman–Crippen MR) is 106 cm³/mol. The van der Waals surface area contributed by atoms with E-state index >= 15 is 0 Å². The van der Waals surface area contributed by atoms with E-state index in [9.17, 15) is 26.3 Å². The van der Waals surface area contributed by atoms with Crippen LogP contribution in [0.15, 0.2) is 23.3 Å². The Morgan fingerprint density at radius 3 is 2.59 bits per heavy atom. The van der Waals surface area contributed by atoms with Crippen molar-refractivity contribution in [3.05, 3.63) is 23.9 Å². The third kappa shape index (κ3) is 8.05. The maximum atomic E-state index is 12.9. The van der Waals surface area contributed by atoms with Crippen molar-refractivity contribution in [3.8, 4) is 5.88 Å². The fourth-order valence-corrected chi connectivity index (χ4v) is 3.04. The van der Waals surface area contributed by atoms with E-state index in [1.54, 1.807) is 0 Å². The SMILES string of the molecule is CN=C(NCCOc1ncccc1C(F)(F)F)NC1CCCC(C(F)(F)F)C1.I. The lowest BCUT2D eigenvalue weighted by Crippen LogP contribution is -2.47. The van der Waals surface area contributed by atoms with Gasteiger partial charge in [0.2, 0.25) is 5.88 Å². The zero-order chi connectivity index (χ0) is 20.8. The number of aromatic nitrogens is 1. The third-order valence-corrected chi connectivity index (χ3v) is 4.41. The highest BCUT2D eigenvalue weighted by Crippen LogP contribution is 2.37. The van der Waals surface area contributed by atoms with Crippen LogP contribution < -0.4 is 15.4 Å². The summed E-state index contributed by atoms with van der Waals surface area (Å²) in [5.41, 5.74) is -0.974. The molecule has 1 saturated carbocycles. The molecule has 1 aromatic rings. The molecule has 5 nitrogen and oxygen atoms in total. The molecule has 12 heteroatoms. The quantitative estimate of drug-likeness (QED) is 0.192. The molecule has 2 unspecified atom stereocenters. The number of pyridine rings is 1. The fourth-order valence-electron chi connectivity index (χ4n) is 3.04. The number of nitrogens with zero attached hydrogens (tertiary/aromatic N) is 2. The number of hydrogen-bond donors (Lipinski definition) is 2. The smallest absolute Gasteiger partial charge is 0.421 e. The summed E-state index contributed by atoms with van der Waals surface area (Å²) in [6.07, 6.45) is -6.47. The maximum Gasteiger partial charge on any atom is 0.421 e. The topological polar surface area (TPSA) is 58.5 Å². The van der Waals surface area contributed by atoms with Gasteiger partial charge in [0.15, 0.2) is 5.96 Å². The zero-order valence-electron chi connectivity index (χ0n) is 15.6. The minimum absolute atomic E-state index is 0. The summed E-state index contributed by atoms with van der Waals surface area (Å²) in [7, 11) is 1.46. The molecule has 29 heavy (non-hydrogen) atoms. The van der Waals surface area contributed by atoms with Crippen molar-refractivity contribution in [1.29, 1.82) is 0 Å². The first-order chi connectivity index (χ1) is 13.1. The molecule has 0 saturated heterocycles. The molecule has 2 atom stereocenters. The van der Waals surface area contributed by atoms with Gasteiger partial charge in [0.25, 0.3) is 0 Å². The molecule has 0 amide bonds. The Labute approximate surface area is 181 Å². The molecule has 2 N–H and O–H groups in total. The van der Waals surface area contributed by atoms with Gasteiger partial charge in [-0.15, -0.1) is 24.0 Å². The highest BCUT2D eigenvalue weighted by atomic mass is 127. The second kappa shape index (κ2) is 11.1. The molecule has 0 aromatic carbocycles. The van der Waals surface area contributed by atoms with Gasteiger partial charge in [-0.2, -0.15) is 26.3 Å². The normalized spacial score (nSPS) is 20.6. The minimum atomic E-state index is -4.58. The van der Waals surface area contributed by atoms with Gasteiger partial charge in [0, 0.05) is 19.3 Å². The Kier molecular flexibility index (Phi) is 9.76. The van der Waals surface area contributed by atoms with E-state index in [2.05, 4.69) is 20.6 Å². The number of guanidine groups is 1. The first-order valence-corrected chi connectivity index (χ1v) is 8.80. The Balaban J connectivity index is 0.00000420. The standard InChI is InChI=1S/C17H22F6N4O.HI/c1-24-15(27-12-5-2-4-11(10-12)16(18,19)20)26-8-9-28-14-13(17(21,22)23)6-3-7-25-14;/h3,6-7,11-12H,2,4-5,8-10H2,1H3,(H2,24,26,27);1H. The summed E-state index contributed by atoms with van der Waals surface area (Å²) in [6, 6.07) is 1.66. The van der Waals surface area contributed by atoms with E-state index in [1.165, 1.54) is 13.2 Å². The van der Waals surface area contributed by atoms with Gasteiger partial charge < -0.3 is 15.4 Å². The Morgan fingerprint density at radius 2 is 1.97 bits per heavy atom. The lowest BCUT2D eigenvalue weighted by Gasteiger charge is -2.31. The van der Waals surface area contributed by atoms with Crippen LogP contribution in [0.4, 0.5) is 26.3 Å². The van der Waals surface area contributed by atoms with Crippen molar-refractivity contribution >= 4 is 29.9 Å². The van der Waals surface area contributed by atoms with Crippen LogP contribution in [-0.4, -0.2) is 43.4 Å². The van der Waals surface area contributed by atoms with Crippen LogP contribution in [-0.2, 0) is 6.18 Å². The largest absolute Gasteiger partial charge is 0.475 e. The Bertz CT molecular complexity index is 668. The summed E-state index contributed by atoms with van der Waals surface area (Å²) in [5.74, 6) is -1.60. The summed E-state index contributed by atoms with van der Waals surface area (Å²) < 4.78 is 82.4. The van der Waals surface area contributed by atoms with Crippen LogP contribution >= 0.6 is 24.0 Å². The number of nitrogens with one attached hydrogen (secondary N) is 2. The molecule has 1 aliphatic carbocycles. The van der Waals surface area contributed by atoms with E-state index in [4.69, 9.17) is 4.74 Å². The summed E-state index contributed by atoms with van der Waals surface area (Å²) >= 11 is 0. The summed E-state index contributed by atoms with van der Waals surface area (Å²) in [6.45, 7) is -0.0282. The molecule has 0 radical (unpaired) electrons. The van der Waals surface area contributed by atoms with E-state index in [0.717, 1.165) is 12.1 Å². The first kappa shape index (κ1) is 25.6. The summed E-state index contributed by atoms with van der Waals surface area (Å²) in [4.78, 5) is 7.52. The minimum Gasteiger partial charge on any atom is -0.475 e. The molecular weight excluding hydrogens is 517 g/mol. The van der Waals surface area contributed by atoms with Crippen LogP contribution in [0.1, 0.15) is 31.2 Å². The lowest BCUT2D eigenvalue weighted by atomic mass is 9.85. The Hall–Kier alpha value is -1.47. The number of hydrogen-bond acceptors (Lipinski definition) is 3.